The average Bonchev–Trinajstić information content (AvgIpc) is 2.97. The summed E-state index contributed by atoms with van der Waals surface area (Å²) in [5, 5.41) is 8.93. The zero-order chi connectivity index (χ0) is 15.5. The van der Waals surface area contributed by atoms with Gasteiger partial charge in [-0.05, 0) is 25.1 Å². The highest BCUT2D eigenvalue weighted by Gasteiger charge is 2.25. The van der Waals surface area contributed by atoms with Crippen LogP contribution in [0.2, 0.25) is 5.02 Å². The van der Waals surface area contributed by atoms with E-state index in [1.807, 2.05) is 25.1 Å². The molecule has 1 fully saturated rings. The number of nitrogens with zero attached hydrogens (tertiary/aromatic N) is 4. The molecule has 1 atom stereocenters. The Balaban J connectivity index is 1.62. The number of anilines is 1. The molecule has 0 radical (unpaired) electrons. The normalized spacial score (nSPS) is 19.6. The van der Waals surface area contributed by atoms with Crippen LogP contribution in [0.3, 0.4) is 0 Å². The summed E-state index contributed by atoms with van der Waals surface area (Å²) in [4.78, 5) is 4.76. The largest absolute Gasteiger partial charge is 0.424 e. The second-order valence-electron chi connectivity index (χ2n) is 5.69. The molecule has 0 spiro atoms. The van der Waals surface area contributed by atoms with E-state index in [0.29, 0.717) is 17.8 Å². The standard InChI is InChI=1S/C16H21ClN4O/c1-3-15-18-19-16(22-15)11-20-7-8-21(10-12(20)2)14-6-4-5-13(17)9-14/h4-6,9,12H,3,7-8,10-11H2,1-2H3/t12-/m0/s1. The Hall–Kier alpha value is -1.59. The summed E-state index contributed by atoms with van der Waals surface area (Å²) in [6, 6.07) is 8.46. The fourth-order valence-electron chi connectivity index (χ4n) is 2.81. The summed E-state index contributed by atoms with van der Waals surface area (Å²) in [6.45, 7) is 7.88. The van der Waals surface area contributed by atoms with Crippen molar-refractivity contribution < 1.29 is 4.42 Å². The fourth-order valence-corrected chi connectivity index (χ4v) is 2.99. The number of hydrogen-bond donors (Lipinski definition) is 0. The third-order valence-corrected chi connectivity index (χ3v) is 4.32. The van der Waals surface area contributed by atoms with Gasteiger partial charge in [0.25, 0.3) is 0 Å². The molecule has 0 amide bonds. The summed E-state index contributed by atoms with van der Waals surface area (Å²) in [7, 11) is 0. The van der Waals surface area contributed by atoms with Gasteiger partial charge in [-0.1, -0.05) is 24.6 Å². The van der Waals surface area contributed by atoms with Gasteiger partial charge in [-0.2, -0.15) is 0 Å². The fraction of sp³-hybridized carbons (Fsp3) is 0.500. The molecule has 0 unspecified atom stereocenters. The highest BCUT2D eigenvalue weighted by Crippen LogP contribution is 2.23. The Morgan fingerprint density at radius 3 is 2.77 bits per heavy atom. The van der Waals surface area contributed by atoms with Gasteiger partial charge in [0.05, 0.1) is 6.54 Å². The molecular weight excluding hydrogens is 300 g/mol. The van der Waals surface area contributed by atoms with E-state index in [0.717, 1.165) is 37.6 Å². The number of aromatic nitrogens is 2. The number of piperazine rings is 1. The highest BCUT2D eigenvalue weighted by atomic mass is 35.5. The van der Waals surface area contributed by atoms with Crippen LogP contribution < -0.4 is 4.90 Å². The van der Waals surface area contributed by atoms with Crippen molar-refractivity contribution in [2.75, 3.05) is 24.5 Å². The first-order chi connectivity index (χ1) is 10.7. The smallest absolute Gasteiger partial charge is 0.230 e. The minimum absolute atomic E-state index is 0.421. The van der Waals surface area contributed by atoms with Crippen LogP contribution in [-0.4, -0.2) is 40.8 Å². The molecule has 3 rings (SSSR count). The zero-order valence-electron chi connectivity index (χ0n) is 13.0. The molecule has 2 aromatic rings. The first-order valence-electron chi connectivity index (χ1n) is 7.71. The minimum Gasteiger partial charge on any atom is -0.424 e. The molecule has 1 aliphatic heterocycles. The molecule has 1 aromatic carbocycles. The summed E-state index contributed by atoms with van der Waals surface area (Å²) >= 11 is 6.09. The molecule has 118 valence electrons. The highest BCUT2D eigenvalue weighted by molar-refractivity contribution is 6.30. The van der Waals surface area contributed by atoms with Crippen molar-refractivity contribution in [3.8, 4) is 0 Å². The molecule has 22 heavy (non-hydrogen) atoms. The maximum atomic E-state index is 6.09. The number of aryl methyl sites for hydroxylation is 1. The van der Waals surface area contributed by atoms with E-state index in [2.05, 4.69) is 33.0 Å². The van der Waals surface area contributed by atoms with Gasteiger partial charge < -0.3 is 9.32 Å². The molecule has 1 saturated heterocycles. The third-order valence-electron chi connectivity index (χ3n) is 4.09. The average molecular weight is 321 g/mol. The second-order valence-corrected chi connectivity index (χ2v) is 6.12. The van der Waals surface area contributed by atoms with Crippen LogP contribution in [0.25, 0.3) is 0 Å². The summed E-state index contributed by atoms with van der Waals surface area (Å²) in [6.07, 6.45) is 0.783. The topological polar surface area (TPSA) is 45.4 Å². The van der Waals surface area contributed by atoms with Gasteiger partial charge in [0.2, 0.25) is 11.8 Å². The van der Waals surface area contributed by atoms with E-state index in [9.17, 15) is 0 Å². The van der Waals surface area contributed by atoms with Gasteiger partial charge in [0.15, 0.2) is 0 Å². The molecule has 0 saturated carbocycles. The van der Waals surface area contributed by atoms with E-state index in [4.69, 9.17) is 16.0 Å². The van der Waals surface area contributed by atoms with Crippen LogP contribution in [0.1, 0.15) is 25.6 Å². The molecule has 1 aromatic heterocycles. The zero-order valence-corrected chi connectivity index (χ0v) is 13.8. The van der Waals surface area contributed by atoms with Gasteiger partial charge >= 0.3 is 0 Å². The van der Waals surface area contributed by atoms with E-state index in [-0.39, 0.29) is 0 Å². The van der Waals surface area contributed by atoms with Gasteiger partial charge in [0, 0.05) is 42.8 Å². The van der Waals surface area contributed by atoms with Gasteiger partial charge in [-0.25, -0.2) is 0 Å². The lowest BCUT2D eigenvalue weighted by Gasteiger charge is -2.40. The van der Waals surface area contributed by atoms with Crippen LogP contribution >= 0.6 is 11.6 Å². The lowest BCUT2D eigenvalue weighted by molar-refractivity contribution is 0.164. The van der Waals surface area contributed by atoms with Crippen molar-refractivity contribution in [2.24, 2.45) is 0 Å². The lowest BCUT2D eigenvalue weighted by Crippen LogP contribution is -2.51. The van der Waals surface area contributed by atoms with Crippen LogP contribution in [0.4, 0.5) is 5.69 Å². The third kappa shape index (κ3) is 3.42. The van der Waals surface area contributed by atoms with Crippen molar-refractivity contribution in [3.05, 3.63) is 41.1 Å². The quantitative estimate of drug-likeness (QED) is 0.866. The van der Waals surface area contributed by atoms with Gasteiger partial charge in [0.1, 0.15) is 0 Å². The van der Waals surface area contributed by atoms with Crippen LogP contribution in [-0.2, 0) is 13.0 Å². The SMILES string of the molecule is CCc1nnc(CN2CCN(c3cccc(Cl)c3)C[C@@H]2C)o1. The Labute approximate surface area is 135 Å². The lowest BCUT2D eigenvalue weighted by atomic mass is 10.1. The summed E-state index contributed by atoms with van der Waals surface area (Å²) in [5.74, 6) is 1.42. The van der Waals surface area contributed by atoms with E-state index < -0.39 is 0 Å². The number of hydrogen-bond acceptors (Lipinski definition) is 5. The maximum absolute atomic E-state index is 6.09. The second kappa shape index (κ2) is 6.67. The van der Waals surface area contributed by atoms with Crippen molar-refractivity contribution in [2.45, 2.75) is 32.9 Å². The number of benzene rings is 1. The first-order valence-corrected chi connectivity index (χ1v) is 8.09. The van der Waals surface area contributed by atoms with Crippen molar-refractivity contribution in [1.29, 1.82) is 0 Å². The monoisotopic (exact) mass is 320 g/mol. The Morgan fingerprint density at radius 2 is 2.09 bits per heavy atom. The van der Waals surface area contributed by atoms with Crippen molar-refractivity contribution >= 4 is 17.3 Å². The predicted octanol–water partition coefficient (Wildman–Crippen LogP) is 3.00. The first kappa shape index (κ1) is 15.3. The maximum Gasteiger partial charge on any atom is 0.230 e. The van der Waals surface area contributed by atoms with Gasteiger partial charge in [-0.3, -0.25) is 4.90 Å². The molecule has 0 aliphatic carbocycles. The Bertz CT molecular complexity index is 630. The number of rotatable bonds is 4. The molecule has 0 bridgehead atoms. The number of halogens is 1. The van der Waals surface area contributed by atoms with Crippen molar-refractivity contribution in [1.82, 2.24) is 15.1 Å². The predicted molar refractivity (Wildman–Crippen MR) is 87.2 cm³/mol. The van der Waals surface area contributed by atoms with Crippen molar-refractivity contribution in [3.63, 3.8) is 0 Å². The molecule has 5 nitrogen and oxygen atoms in total. The minimum atomic E-state index is 0.421. The molecule has 2 heterocycles. The summed E-state index contributed by atoms with van der Waals surface area (Å²) in [5.41, 5.74) is 1.19. The molecule has 1 aliphatic rings. The van der Waals surface area contributed by atoms with Crippen LogP contribution in [0.15, 0.2) is 28.7 Å². The van der Waals surface area contributed by atoms with Gasteiger partial charge in [-0.15, -0.1) is 10.2 Å². The Kier molecular flexibility index (Phi) is 4.64. The van der Waals surface area contributed by atoms with E-state index >= 15 is 0 Å². The Morgan fingerprint density at radius 1 is 1.27 bits per heavy atom. The molecular formula is C16H21ClN4O. The van der Waals surface area contributed by atoms with Crippen LogP contribution in [0.5, 0.6) is 0 Å². The van der Waals surface area contributed by atoms with E-state index in [1.54, 1.807) is 0 Å². The summed E-state index contributed by atoms with van der Waals surface area (Å²) < 4.78 is 5.62. The molecule has 6 heteroatoms. The molecule has 0 N–H and O–H groups in total. The van der Waals surface area contributed by atoms with Crippen LogP contribution in [0, 0.1) is 0 Å². The van der Waals surface area contributed by atoms with E-state index in [1.165, 1.54) is 5.69 Å².